The molecule has 2 unspecified atom stereocenters. The Hall–Kier alpha value is -0.0800. The summed E-state index contributed by atoms with van der Waals surface area (Å²) in [5, 5.41) is 8.67. The summed E-state index contributed by atoms with van der Waals surface area (Å²) in [5.74, 6) is 0. The fourth-order valence-electron chi connectivity index (χ4n) is 1.94. The molecule has 0 radical (unpaired) electrons. The van der Waals surface area contributed by atoms with Crippen molar-refractivity contribution < 1.29 is 5.11 Å². The second kappa shape index (κ2) is 3.11. The molecule has 0 aromatic rings. The lowest BCUT2D eigenvalue weighted by Gasteiger charge is -2.14. The van der Waals surface area contributed by atoms with E-state index in [0.29, 0.717) is 12.0 Å². The summed E-state index contributed by atoms with van der Waals surface area (Å²) in [6.45, 7) is 2.66. The fourth-order valence-corrected chi connectivity index (χ4v) is 1.94. The maximum absolute atomic E-state index is 8.67. The van der Waals surface area contributed by atoms with E-state index in [0.717, 1.165) is 12.5 Å². The molecule has 1 N–H and O–H groups in total. The zero-order valence-electron chi connectivity index (χ0n) is 7.80. The van der Waals surface area contributed by atoms with Gasteiger partial charge in [-0.2, -0.15) is 0 Å². The van der Waals surface area contributed by atoms with Crippen LogP contribution in [0.1, 0.15) is 26.2 Å². The summed E-state index contributed by atoms with van der Waals surface area (Å²) in [5.41, 5.74) is 0.506. The Labute approximate surface area is 69.2 Å². The van der Waals surface area contributed by atoms with Crippen molar-refractivity contribution in [3.8, 4) is 0 Å². The van der Waals surface area contributed by atoms with Crippen molar-refractivity contribution in [2.45, 2.75) is 32.2 Å². The predicted octanol–water partition coefficient (Wildman–Crippen LogP) is 1.10. The molecule has 0 spiro atoms. The van der Waals surface area contributed by atoms with E-state index in [-0.39, 0.29) is 0 Å². The highest BCUT2D eigenvalue weighted by Gasteiger charge is 2.50. The number of aliphatic hydroxyl groups excluding tert-OH is 1. The van der Waals surface area contributed by atoms with E-state index < -0.39 is 0 Å². The van der Waals surface area contributed by atoms with Gasteiger partial charge in [0.25, 0.3) is 0 Å². The predicted molar refractivity (Wildman–Crippen MR) is 46.5 cm³/mol. The van der Waals surface area contributed by atoms with E-state index in [1.807, 2.05) is 0 Å². The Kier molecular flexibility index (Phi) is 2.55. The maximum Gasteiger partial charge on any atom is 0.0431 e. The van der Waals surface area contributed by atoms with E-state index in [1.54, 1.807) is 0 Å². The molecule has 2 nitrogen and oxygen atoms in total. The van der Waals surface area contributed by atoms with Gasteiger partial charge in [0.2, 0.25) is 0 Å². The van der Waals surface area contributed by atoms with Crippen molar-refractivity contribution in [3.63, 3.8) is 0 Å². The highest BCUT2D eigenvalue weighted by molar-refractivity contribution is 5.04. The first-order chi connectivity index (χ1) is 5.10. The lowest BCUT2D eigenvalue weighted by atomic mass is 10.0. The molecule has 0 bridgehead atoms. The maximum atomic E-state index is 8.67. The molecule has 0 saturated heterocycles. The molecule has 1 fully saturated rings. The van der Waals surface area contributed by atoms with Crippen LogP contribution in [-0.2, 0) is 0 Å². The first kappa shape index (κ1) is 9.01. The standard InChI is InChI=1S/C9H19NO/c1-9(5-4-6-11)7-8(9)10(2)3/h8,11H,4-7H2,1-3H3. The summed E-state index contributed by atoms with van der Waals surface area (Å²) in [6.07, 6.45) is 3.44. The number of rotatable bonds is 4. The van der Waals surface area contributed by atoms with Gasteiger partial charge < -0.3 is 10.0 Å². The van der Waals surface area contributed by atoms with Crippen LogP contribution in [0, 0.1) is 5.41 Å². The molecular weight excluding hydrogens is 138 g/mol. The highest BCUT2D eigenvalue weighted by atomic mass is 16.2. The first-order valence-corrected chi connectivity index (χ1v) is 4.37. The second-order valence-corrected chi connectivity index (χ2v) is 4.16. The van der Waals surface area contributed by atoms with Gasteiger partial charge in [-0.05, 0) is 38.8 Å². The molecule has 11 heavy (non-hydrogen) atoms. The SMILES string of the molecule is CN(C)C1CC1(C)CCCO. The van der Waals surface area contributed by atoms with Gasteiger partial charge in [-0.3, -0.25) is 0 Å². The average molecular weight is 157 g/mol. The molecule has 2 heteroatoms. The zero-order valence-corrected chi connectivity index (χ0v) is 7.80. The van der Waals surface area contributed by atoms with Crippen LogP contribution < -0.4 is 0 Å². The Balaban J connectivity index is 2.25. The van der Waals surface area contributed by atoms with Crippen LogP contribution in [0.5, 0.6) is 0 Å². The van der Waals surface area contributed by atoms with E-state index >= 15 is 0 Å². The van der Waals surface area contributed by atoms with Gasteiger partial charge in [-0.15, -0.1) is 0 Å². The molecule has 1 saturated carbocycles. The Morgan fingerprint density at radius 1 is 1.55 bits per heavy atom. The molecule has 0 amide bonds. The normalized spacial score (nSPS) is 36.3. The van der Waals surface area contributed by atoms with Gasteiger partial charge in [0.1, 0.15) is 0 Å². The van der Waals surface area contributed by atoms with Crippen molar-refractivity contribution in [2.24, 2.45) is 5.41 Å². The molecule has 1 aliphatic rings. The number of aliphatic hydroxyl groups is 1. The lowest BCUT2D eigenvalue weighted by Crippen LogP contribution is -2.20. The van der Waals surface area contributed by atoms with E-state index in [1.165, 1.54) is 12.8 Å². The summed E-state index contributed by atoms with van der Waals surface area (Å²) < 4.78 is 0. The van der Waals surface area contributed by atoms with Crippen molar-refractivity contribution in [3.05, 3.63) is 0 Å². The Morgan fingerprint density at radius 3 is 2.55 bits per heavy atom. The Bertz CT molecular complexity index is 136. The molecule has 0 aliphatic heterocycles. The van der Waals surface area contributed by atoms with Crippen molar-refractivity contribution in [1.29, 1.82) is 0 Å². The van der Waals surface area contributed by atoms with Crippen LogP contribution in [-0.4, -0.2) is 36.8 Å². The number of hydrogen-bond acceptors (Lipinski definition) is 2. The van der Waals surface area contributed by atoms with E-state index in [4.69, 9.17) is 5.11 Å². The monoisotopic (exact) mass is 157 g/mol. The minimum Gasteiger partial charge on any atom is -0.396 e. The first-order valence-electron chi connectivity index (χ1n) is 4.37. The lowest BCUT2D eigenvalue weighted by molar-refractivity contribution is 0.255. The molecule has 0 heterocycles. The zero-order chi connectivity index (χ0) is 8.48. The fraction of sp³-hybridized carbons (Fsp3) is 1.00. The second-order valence-electron chi connectivity index (χ2n) is 4.16. The molecule has 66 valence electrons. The minimum atomic E-state index is 0.343. The third-order valence-electron chi connectivity index (χ3n) is 2.83. The summed E-state index contributed by atoms with van der Waals surface area (Å²) in [4.78, 5) is 2.29. The van der Waals surface area contributed by atoms with Crippen molar-refractivity contribution in [1.82, 2.24) is 4.90 Å². The molecule has 0 aromatic carbocycles. The molecule has 0 aromatic heterocycles. The summed E-state index contributed by atoms with van der Waals surface area (Å²) >= 11 is 0. The van der Waals surface area contributed by atoms with Gasteiger partial charge in [-0.25, -0.2) is 0 Å². The van der Waals surface area contributed by atoms with Crippen LogP contribution in [0.15, 0.2) is 0 Å². The van der Waals surface area contributed by atoms with Crippen LogP contribution in [0.3, 0.4) is 0 Å². The summed E-state index contributed by atoms with van der Waals surface area (Å²) in [6, 6.07) is 0.758. The Morgan fingerprint density at radius 2 is 2.18 bits per heavy atom. The number of hydrogen-bond donors (Lipinski definition) is 1. The third-order valence-corrected chi connectivity index (χ3v) is 2.83. The van der Waals surface area contributed by atoms with E-state index in [9.17, 15) is 0 Å². The van der Waals surface area contributed by atoms with Crippen LogP contribution in [0.4, 0.5) is 0 Å². The topological polar surface area (TPSA) is 23.5 Å². The van der Waals surface area contributed by atoms with Crippen molar-refractivity contribution >= 4 is 0 Å². The minimum absolute atomic E-state index is 0.343. The van der Waals surface area contributed by atoms with Gasteiger partial charge >= 0.3 is 0 Å². The third kappa shape index (κ3) is 1.94. The van der Waals surface area contributed by atoms with Gasteiger partial charge in [0, 0.05) is 12.6 Å². The molecule has 1 aliphatic carbocycles. The quantitative estimate of drug-likeness (QED) is 0.660. The largest absolute Gasteiger partial charge is 0.396 e. The van der Waals surface area contributed by atoms with Gasteiger partial charge in [-0.1, -0.05) is 6.92 Å². The van der Waals surface area contributed by atoms with Crippen molar-refractivity contribution in [2.75, 3.05) is 20.7 Å². The van der Waals surface area contributed by atoms with Gasteiger partial charge in [0.15, 0.2) is 0 Å². The van der Waals surface area contributed by atoms with Gasteiger partial charge in [0.05, 0.1) is 0 Å². The van der Waals surface area contributed by atoms with E-state index in [2.05, 4.69) is 25.9 Å². The molecule has 1 rings (SSSR count). The van der Waals surface area contributed by atoms with Crippen LogP contribution in [0.25, 0.3) is 0 Å². The smallest absolute Gasteiger partial charge is 0.0431 e. The number of nitrogens with zero attached hydrogens (tertiary/aromatic N) is 1. The van der Waals surface area contributed by atoms with Crippen LogP contribution in [0.2, 0.25) is 0 Å². The average Bonchev–Trinajstić information content (AvgIpc) is 2.60. The summed E-state index contributed by atoms with van der Waals surface area (Å²) in [7, 11) is 4.27. The molecule has 2 atom stereocenters. The highest BCUT2D eigenvalue weighted by Crippen LogP contribution is 2.51. The van der Waals surface area contributed by atoms with Crippen LogP contribution >= 0.6 is 0 Å². The molecular formula is C9H19NO.